The van der Waals surface area contributed by atoms with Crippen molar-refractivity contribution in [1.82, 2.24) is 9.97 Å². The summed E-state index contributed by atoms with van der Waals surface area (Å²) in [6.45, 7) is 4.55. The van der Waals surface area contributed by atoms with Crippen LogP contribution in [0, 0.1) is 0 Å². The van der Waals surface area contributed by atoms with Gasteiger partial charge in [-0.25, -0.2) is 4.98 Å². The van der Waals surface area contributed by atoms with Gasteiger partial charge in [0.15, 0.2) is 0 Å². The van der Waals surface area contributed by atoms with Crippen LogP contribution in [0.4, 0.5) is 36.3 Å². The van der Waals surface area contributed by atoms with Crippen molar-refractivity contribution >= 4 is 23.1 Å². The van der Waals surface area contributed by atoms with E-state index in [1.54, 1.807) is 24.3 Å². The van der Waals surface area contributed by atoms with Crippen LogP contribution in [-0.2, 0) is 12.6 Å². The van der Waals surface area contributed by atoms with Crippen molar-refractivity contribution in [2.45, 2.75) is 52.1 Å². The van der Waals surface area contributed by atoms with Gasteiger partial charge in [-0.2, -0.15) is 18.2 Å². The monoisotopic (exact) mass is 458 g/mol. The minimum absolute atomic E-state index is 0.0760. The van der Waals surface area contributed by atoms with Gasteiger partial charge >= 0.3 is 6.18 Å². The SMILES string of the molecule is CCCCCCc1ccc(Nc2ncc(C(F)(F)F)c(Nc3ccc(OCC)cc3)n2)cc1. The van der Waals surface area contributed by atoms with Crippen LogP contribution in [0.3, 0.4) is 0 Å². The molecule has 0 aliphatic heterocycles. The first-order chi connectivity index (χ1) is 15.9. The third-order valence-electron chi connectivity index (χ3n) is 5.05. The smallest absolute Gasteiger partial charge is 0.421 e. The quantitative estimate of drug-likeness (QED) is 0.291. The molecule has 0 saturated carbocycles. The molecule has 0 atom stereocenters. The predicted molar refractivity (Wildman–Crippen MR) is 125 cm³/mol. The van der Waals surface area contributed by atoms with Gasteiger partial charge in [-0.15, -0.1) is 0 Å². The van der Waals surface area contributed by atoms with E-state index in [9.17, 15) is 13.2 Å². The molecule has 0 fully saturated rings. The molecule has 176 valence electrons. The summed E-state index contributed by atoms with van der Waals surface area (Å²) in [5.74, 6) is 0.391. The van der Waals surface area contributed by atoms with Crippen LogP contribution in [0.25, 0.3) is 0 Å². The van der Waals surface area contributed by atoms with Crippen molar-refractivity contribution in [2.75, 3.05) is 17.2 Å². The first kappa shape index (κ1) is 24.4. The Hall–Kier alpha value is -3.29. The van der Waals surface area contributed by atoms with Crippen molar-refractivity contribution in [1.29, 1.82) is 0 Å². The van der Waals surface area contributed by atoms with Gasteiger partial charge in [-0.05, 0) is 61.7 Å². The minimum atomic E-state index is -4.59. The normalized spacial score (nSPS) is 11.3. The molecule has 1 heterocycles. The zero-order valence-corrected chi connectivity index (χ0v) is 18.9. The van der Waals surface area contributed by atoms with Crippen LogP contribution in [0.2, 0.25) is 0 Å². The van der Waals surface area contributed by atoms with E-state index in [0.717, 1.165) is 19.0 Å². The average Bonchev–Trinajstić information content (AvgIpc) is 2.79. The lowest BCUT2D eigenvalue weighted by molar-refractivity contribution is -0.137. The number of anilines is 4. The first-order valence-corrected chi connectivity index (χ1v) is 11.2. The van der Waals surface area contributed by atoms with Crippen LogP contribution in [0.1, 0.15) is 50.7 Å². The highest BCUT2D eigenvalue weighted by Crippen LogP contribution is 2.35. The summed E-state index contributed by atoms with van der Waals surface area (Å²) < 4.78 is 45.9. The highest BCUT2D eigenvalue weighted by Gasteiger charge is 2.35. The van der Waals surface area contributed by atoms with E-state index >= 15 is 0 Å². The lowest BCUT2D eigenvalue weighted by atomic mass is 10.1. The van der Waals surface area contributed by atoms with E-state index in [1.807, 2.05) is 31.2 Å². The highest BCUT2D eigenvalue weighted by atomic mass is 19.4. The molecule has 2 N–H and O–H groups in total. The van der Waals surface area contributed by atoms with E-state index in [4.69, 9.17) is 4.74 Å². The zero-order valence-electron chi connectivity index (χ0n) is 18.9. The van der Waals surface area contributed by atoms with Gasteiger partial charge < -0.3 is 15.4 Å². The Morgan fingerprint density at radius 2 is 1.52 bits per heavy atom. The second-order valence-corrected chi connectivity index (χ2v) is 7.67. The summed E-state index contributed by atoms with van der Waals surface area (Å²) in [6, 6.07) is 14.4. The molecule has 2 aromatic carbocycles. The number of aromatic nitrogens is 2. The number of benzene rings is 2. The fourth-order valence-electron chi connectivity index (χ4n) is 3.32. The molecule has 0 amide bonds. The molecule has 0 bridgehead atoms. The van der Waals surface area contributed by atoms with Crippen molar-refractivity contribution in [2.24, 2.45) is 0 Å². The maximum absolute atomic E-state index is 13.5. The van der Waals surface area contributed by atoms with E-state index in [0.29, 0.717) is 23.7 Å². The highest BCUT2D eigenvalue weighted by molar-refractivity contribution is 5.63. The average molecular weight is 459 g/mol. The van der Waals surface area contributed by atoms with Crippen LogP contribution in [0.15, 0.2) is 54.7 Å². The molecule has 0 aliphatic carbocycles. The van der Waals surface area contributed by atoms with Gasteiger partial charge in [0.25, 0.3) is 0 Å². The predicted octanol–water partition coefficient (Wildman–Crippen LogP) is 7.50. The number of halogens is 3. The van der Waals surface area contributed by atoms with Crippen LogP contribution < -0.4 is 15.4 Å². The Morgan fingerprint density at radius 1 is 0.848 bits per heavy atom. The van der Waals surface area contributed by atoms with E-state index in [2.05, 4.69) is 27.5 Å². The number of ether oxygens (including phenoxy) is 1. The number of alkyl halides is 3. The first-order valence-electron chi connectivity index (χ1n) is 11.2. The Labute approximate surface area is 192 Å². The van der Waals surface area contributed by atoms with Crippen molar-refractivity contribution in [3.8, 4) is 5.75 Å². The number of hydrogen-bond acceptors (Lipinski definition) is 5. The molecule has 0 spiro atoms. The summed E-state index contributed by atoms with van der Waals surface area (Å²) in [5.41, 5.74) is 1.45. The third-order valence-corrected chi connectivity index (χ3v) is 5.05. The van der Waals surface area contributed by atoms with Gasteiger partial charge in [0.05, 0.1) is 6.61 Å². The molecule has 0 radical (unpaired) electrons. The number of unbranched alkanes of at least 4 members (excludes halogenated alkanes) is 3. The Balaban J connectivity index is 1.74. The van der Waals surface area contributed by atoms with Gasteiger partial charge in [0.2, 0.25) is 5.95 Å². The molecular weight excluding hydrogens is 429 g/mol. The molecular formula is C25H29F3N4O. The lowest BCUT2D eigenvalue weighted by Crippen LogP contribution is -2.12. The van der Waals surface area contributed by atoms with Gasteiger partial charge in [-0.3, -0.25) is 0 Å². The topological polar surface area (TPSA) is 59.1 Å². The van der Waals surface area contributed by atoms with Crippen LogP contribution in [0.5, 0.6) is 5.75 Å². The standard InChI is InChI=1S/C25H29F3N4O/c1-3-5-6-7-8-18-9-11-20(12-10-18)31-24-29-17-22(25(26,27)28)23(32-24)30-19-13-15-21(16-14-19)33-4-2/h9-17H,3-8H2,1-2H3,(H2,29,30,31,32). The van der Waals surface area contributed by atoms with Crippen molar-refractivity contribution < 1.29 is 17.9 Å². The number of rotatable bonds is 11. The summed E-state index contributed by atoms with van der Waals surface area (Å²) in [7, 11) is 0. The van der Waals surface area contributed by atoms with E-state index in [1.165, 1.54) is 24.8 Å². The molecule has 5 nitrogen and oxygen atoms in total. The molecule has 1 aromatic heterocycles. The summed E-state index contributed by atoms with van der Waals surface area (Å²) in [5, 5.41) is 5.74. The zero-order chi connectivity index (χ0) is 23.7. The molecule has 0 aliphatic rings. The maximum Gasteiger partial charge on any atom is 0.421 e. The molecule has 0 saturated heterocycles. The van der Waals surface area contributed by atoms with E-state index < -0.39 is 11.7 Å². The van der Waals surface area contributed by atoms with Crippen LogP contribution >= 0.6 is 0 Å². The summed E-state index contributed by atoms with van der Waals surface area (Å²) in [6.07, 6.45) is 1.99. The third kappa shape index (κ3) is 7.37. The second kappa shape index (κ2) is 11.5. The fraction of sp³-hybridized carbons (Fsp3) is 0.360. The maximum atomic E-state index is 13.5. The van der Waals surface area contributed by atoms with Gasteiger partial charge in [-0.1, -0.05) is 38.3 Å². The molecule has 3 rings (SSSR count). The summed E-state index contributed by atoms with van der Waals surface area (Å²) in [4.78, 5) is 7.97. The Kier molecular flexibility index (Phi) is 8.52. The second-order valence-electron chi connectivity index (χ2n) is 7.67. The molecule has 8 heteroatoms. The number of hydrogen-bond donors (Lipinski definition) is 2. The molecule has 33 heavy (non-hydrogen) atoms. The largest absolute Gasteiger partial charge is 0.494 e. The van der Waals surface area contributed by atoms with E-state index in [-0.39, 0.29) is 11.8 Å². The molecule has 0 unspecified atom stereocenters. The lowest BCUT2D eigenvalue weighted by Gasteiger charge is -2.15. The fourth-order valence-corrected chi connectivity index (χ4v) is 3.32. The number of nitrogens with zero attached hydrogens (tertiary/aromatic N) is 2. The van der Waals surface area contributed by atoms with Gasteiger partial charge in [0.1, 0.15) is 17.1 Å². The number of aryl methyl sites for hydroxylation is 1. The van der Waals surface area contributed by atoms with Crippen molar-refractivity contribution in [3.63, 3.8) is 0 Å². The van der Waals surface area contributed by atoms with Crippen LogP contribution in [-0.4, -0.2) is 16.6 Å². The number of nitrogens with one attached hydrogen (secondary N) is 2. The Bertz CT molecular complexity index is 1010. The van der Waals surface area contributed by atoms with Gasteiger partial charge in [0, 0.05) is 17.6 Å². The Morgan fingerprint density at radius 3 is 2.15 bits per heavy atom. The molecule has 3 aromatic rings. The summed E-state index contributed by atoms with van der Waals surface area (Å²) >= 11 is 0. The minimum Gasteiger partial charge on any atom is -0.494 e. The van der Waals surface area contributed by atoms with Crippen molar-refractivity contribution in [3.05, 3.63) is 65.9 Å².